The fraction of sp³-hybridized carbons (Fsp3) is 0. The molecule has 5 heterocycles. The summed E-state index contributed by atoms with van der Waals surface area (Å²) in [6.07, 6.45) is 0. The van der Waals surface area contributed by atoms with Crippen molar-refractivity contribution in [1.29, 1.82) is 0 Å². The normalized spacial score (nSPS) is 12.2. The number of benzene rings is 12. The van der Waals surface area contributed by atoms with Gasteiger partial charge in [0, 0.05) is 78.3 Å². The first-order valence-corrected chi connectivity index (χ1v) is 29.9. The van der Waals surface area contributed by atoms with Crippen molar-refractivity contribution in [3.05, 3.63) is 315 Å². The molecule has 2 aliphatic rings. The van der Waals surface area contributed by atoms with Gasteiger partial charge in [-0.15, -0.1) is 0 Å². The molecule has 0 spiro atoms. The summed E-state index contributed by atoms with van der Waals surface area (Å²) in [6, 6.07) is 112. The molecule has 2 aliphatic heterocycles. The molecule has 0 bridgehead atoms. The van der Waals surface area contributed by atoms with Crippen molar-refractivity contribution in [3.8, 4) is 84.6 Å². The Hall–Kier alpha value is -11.7. The maximum absolute atomic E-state index is 5.52. The second-order valence-electron chi connectivity index (χ2n) is 22.5. The standard InChI is InChI=1S/C80H52BN7/c1-7-26-53(27-8-1)67-51-68(54-28-9-2-10-29-54)83-79(82-67)62-39-25-40-63(80-84-69(55-30-11-3-12-31-55)52-70(85-80)56-32-13-4-14-33-56)78(62)88-71-43-22-19-38-61(71)64-48-57(46-47-72(64)88)58-49-75-77-76(50-58)87(60-36-17-6-18-37-60)74-45-24-21-42-66(74)81(77)65-41-20-23-44-73(65)86(75)59-34-15-5-16-35-59/h1-52H. The SMILES string of the molecule is c1ccc(-c2cc(-c3ccccc3)nc(-c3cccc(-c4nc(-c5ccccc5)cc(-c5ccccc5)n4)c3-n3c4ccccc4c4cc(-c5cc6c7c(c5)N(c5ccccc5)c5ccccc5B7c5ccccc5N6c5ccccc5)ccc43)n2)cc1. The summed E-state index contributed by atoms with van der Waals surface area (Å²) in [7, 11) is 0. The van der Waals surface area contributed by atoms with Crippen molar-refractivity contribution in [2.45, 2.75) is 0 Å². The first kappa shape index (κ1) is 50.8. The Balaban J connectivity index is 0.937. The number of hydrogen-bond donors (Lipinski definition) is 0. The first-order valence-electron chi connectivity index (χ1n) is 29.9. The number of rotatable bonds is 10. The summed E-state index contributed by atoms with van der Waals surface area (Å²) in [5, 5.41) is 2.20. The van der Waals surface area contributed by atoms with Crippen LogP contribution in [0.2, 0.25) is 0 Å². The van der Waals surface area contributed by atoms with Crippen LogP contribution in [0, 0.1) is 0 Å². The summed E-state index contributed by atoms with van der Waals surface area (Å²) in [4.78, 5) is 27.0. The largest absolute Gasteiger partial charge is 0.311 e. The highest BCUT2D eigenvalue weighted by Gasteiger charge is 2.43. The van der Waals surface area contributed by atoms with E-state index in [1.54, 1.807) is 0 Å². The average Bonchev–Trinajstić information content (AvgIpc) is 0.950. The lowest BCUT2D eigenvalue weighted by Crippen LogP contribution is -2.61. The monoisotopic (exact) mass is 1120 g/mol. The van der Waals surface area contributed by atoms with Crippen LogP contribution in [0.4, 0.5) is 34.1 Å². The van der Waals surface area contributed by atoms with Crippen LogP contribution < -0.4 is 26.2 Å². The van der Waals surface area contributed by atoms with E-state index in [1.807, 2.05) is 24.3 Å². The van der Waals surface area contributed by atoms with Crippen LogP contribution in [0.25, 0.3) is 106 Å². The molecule has 8 heteroatoms. The summed E-state index contributed by atoms with van der Waals surface area (Å²) >= 11 is 0. The highest BCUT2D eigenvalue weighted by Crippen LogP contribution is 2.48. The Morgan fingerprint density at radius 2 is 0.648 bits per heavy atom. The fourth-order valence-electron chi connectivity index (χ4n) is 13.5. The second-order valence-corrected chi connectivity index (χ2v) is 22.5. The molecule has 0 radical (unpaired) electrons. The fourth-order valence-corrected chi connectivity index (χ4v) is 13.5. The lowest BCUT2D eigenvalue weighted by molar-refractivity contribution is 1.12. The predicted molar refractivity (Wildman–Crippen MR) is 364 cm³/mol. The van der Waals surface area contributed by atoms with Crippen molar-refractivity contribution < 1.29 is 0 Å². The van der Waals surface area contributed by atoms with Crippen LogP contribution in [0.3, 0.4) is 0 Å². The molecule has 0 fully saturated rings. The molecular formula is C80H52BN7. The third-order valence-corrected chi connectivity index (χ3v) is 17.4. The number of aromatic nitrogens is 5. The van der Waals surface area contributed by atoms with Crippen LogP contribution >= 0.6 is 0 Å². The Morgan fingerprint density at radius 1 is 0.261 bits per heavy atom. The molecule has 0 amide bonds. The first-order chi connectivity index (χ1) is 43.7. The van der Waals surface area contributed by atoms with Gasteiger partial charge in [0.1, 0.15) is 0 Å². The van der Waals surface area contributed by atoms with Gasteiger partial charge in [-0.3, -0.25) is 0 Å². The van der Waals surface area contributed by atoms with Crippen LogP contribution in [0.15, 0.2) is 315 Å². The third kappa shape index (κ3) is 8.52. The van der Waals surface area contributed by atoms with Gasteiger partial charge in [0.05, 0.1) is 39.5 Å². The topological polar surface area (TPSA) is 63.0 Å². The molecule has 17 rings (SSSR count). The van der Waals surface area contributed by atoms with Gasteiger partial charge < -0.3 is 14.4 Å². The van der Waals surface area contributed by atoms with E-state index in [4.69, 9.17) is 19.9 Å². The van der Waals surface area contributed by atoms with Gasteiger partial charge in [-0.1, -0.05) is 224 Å². The molecule has 0 aliphatic carbocycles. The van der Waals surface area contributed by atoms with Crippen LogP contribution in [0.5, 0.6) is 0 Å². The summed E-state index contributed by atoms with van der Waals surface area (Å²) in [5.74, 6) is 1.16. The molecule has 7 nitrogen and oxygen atoms in total. The Kier molecular flexibility index (Phi) is 12.2. The predicted octanol–water partition coefficient (Wildman–Crippen LogP) is 18.1. The lowest BCUT2D eigenvalue weighted by atomic mass is 9.33. The van der Waals surface area contributed by atoms with Crippen molar-refractivity contribution >= 4 is 79.0 Å². The molecule has 0 N–H and O–H groups in total. The molecular weight excluding hydrogens is 1070 g/mol. The van der Waals surface area contributed by atoms with E-state index >= 15 is 0 Å². The van der Waals surface area contributed by atoms with E-state index < -0.39 is 0 Å². The Bertz CT molecular complexity index is 4780. The molecule has 0 saturated heterocycles. The zero-order chi connectivity index (χ0) is 58.1. The molecule has 3 aromatic heterocycles. The van der Waals surface area contributed by atoms with Gasteiger partial charge in [-0.2, -0.15) is 0 Å². The molecule has 0 saturated carbocycles. The smallest absolute Gasteiger partial charge is 0.252 e. The maximum atomic E-state index is 5.52. The minimum atomic E-state index is 0.00312. The van der Waals surface area contributed by atoms with Crippen molar-refractivity contribution in [3.63, 3.8) is 0 Å². The van der Waals surface area contributed by atoms with Crippen molar-refractivity contribution in [2.75, 3.05) is 9.80 Å². The van der Waals surface area contributed by atoms with Gasteiger partial charge in [0.25, 0.3) is 6.71 Å². The van der Waals surface area contributed by atoms with E-state index in [9.17, 15) is 0 Å². The molecule has 15 aromatic rings. The van der Waals surface area contributed by atoms with Crippen LogP contribution in [-0.2, 0) is 0 Å². The van der Waals surface area contributed by atoms with Gasteiger partial charge in [-0.05, 0) is 119 Å². The summed E-state index contributed by atoms with van der Waals surface area (Å²) < 4.78 is 2.41. The van der Waals surface area contributed by atoms with Crippen LogP contribution in [0.1, 0.15) is 0 Å². The number of hydrogen-bond acceptors (Lipinski definition) is 6. The zero-order valence-electron chi connectivity index (χ0n) is 47.7. The van der Waals surface area contributed by atoms with Gasteiger partial charge in [0.2, 0.25) is 0 Å². The highest BCUT2D eigenvalue weighted by atomic mass is 15.2. The number of fused-ring (bicyclic) bond motifs is 7. The molecule has 410 valence electrons. The molecule has 0 atom stereocenters. The van der Waals surface area contributed by atoms with Crippen molar-refractivity contribution in [2.24, 2.45) is 0 Å². The molecule has 88 heavy (non-hydrogen) atoms. The maximum Gasteiger partial charge on any atom is 0.252 e. The van der Waals surface area contributed by atoms with Gasteiger partial charge in [0.15, 0.2) is 11.6 Å². The minimum Gasteiger partial charge on any atom is -0.311 e. The quantitative estimate of drug-likeness (QED) is 0.127. The number of para-hydroxylation sites is 6. The lowest BCUT2D eigenvalue weighted by Gasteiger charge is -2.44. The zero-order valence-corrected chi connectivity index (χ0v) is 47.7. The van der Waals surface area contributed by atoms with E-state index in [2.05, 4.69) is 306 Å². The van der Waals surface area contributed by atoms with Crippen LogP contribution in [-0.4, -0.2) is 31.2 Å². The summed E-state index contributed by atoms with van der Waals surface area (Å²) in [6.45, 7) is 0.00312. The van der Waals surface area contributed by atoms with Gasteiger partial charge >= 0.3 is 0 Å². The summed E-state index contributed by atoms with van der Waals surface area (Å²) in [5.41, 5.74) is 24.7. The second kappa shape index (κ2) is 21.1. The van der Waals surface area contributed by atoms with Crippen molar-refractivity contribution in [1.82, 2.24) is 24.5 Å². The molecule has 12 aromatic carbocycles. The number of anilines is 6. The minimum absolute atomic E-state index is 0.00312. The molecule has 0 unspecified atom stereocenters. The van der Waals surface area contributed by atoms with E-state index in [1.165, 1.54) is 27.8 Å². The van der Waals surface area contributed by atoms with E-state index in [0.29, 0.717) is 11.6 Å². The average molecular weight is 1120 g/mol. The highest BCUT2D eigenvalue weighted by molar-refractivity contribution is 7.00. The van der Waals surface area contributed by atoms with E-state index in [-0.39, 0.29) is 6.71 Å². The van der Waals surface area contributed by atoms with E-state index in [0.717, 1.165) is 118 Å². The Morgan fingerprint density at radius 3 is 1.10 bits per heavy atom. The number of nitrogens with zero attached hydrogens (tertiary/aromatic N) is 7. The third-order valence-electron chi connectivity index (χ3n) is 17.4. The Labute approximate surface area is 510 Å². The van der Waals surface area contributed by atoms with Gasteiger partial charge in [-0.25, -0.2) is 19.9 Å².